The van der Waals surface area contributed by atoms with Gasteiger partial charge < -0.3 is 19.1 Å². The number of hydrogen-bond donors (Lipinski definition) is 0. The van der Waals surface area contributed by atoms with Crippen LogP contribution in [0.1, 0.15) is 33.1 Å². The molecule has 1 atom stereocenters. The van der Waals surface area contributed by atoms with E-state index in [0.29, 0.717) is 24.5 Å². The van der Waals surface area contributed by atoms with E-state index in [2.05, 4.69) is 0 Å². The minimum Gasteiger partial charge on any atom is -0.493 e. The van der Waals surface area contributed by atoms with Crippen molar-refractivity contribution in [3.63, 3.8) is 0 Å². The van der Waals surface area contributed by atoms with Crippen molar-refractivity contribution in [2.45, 2.75) is 12.5 Å². The highest BCUT2D eigenvalue weighted by Gasteiger charge is 2.33. The van der Waals surface area contributed by atoms with Crippen molar-refractivity contribution >= 4 is 11.9 Å². The quantitative estimate of drug-likeness (QED) is 0.529. The molecular weight excluding hydrogens is 425 g/mol. The van der Waals surface area contributed by atoms with Crippen LogP contribution in [0.5, 0.6) is 11.5 Å². The summed E-state index contributed by atoms with van der Waals surface area (Å²) >= 11 is 0. The predicted octanol–water partition coefficient (Wildman–Crippen LogP) is 4.17. The maximum atomic E-state index is 13.9. The van der Waals surface area contributed by atoms with E-state index < -0.39 is 24.4 Å². The van der Waals surface area contributed by atoms with Gasteiger partial charge in [-0.3, -0.25) is 4.79 Å². The fraction of sp³-hybridized carbons (Fsp3) is 0.231. The van der Waals surface area contributed by atoms with Crippen LogP contribution in [0.4, 0.5) is 4.39 Å². The number of methoxy groups -OCH3 is 2. The molecule has 4 rings (SSSR count). The summed E-state index contributed by atoms with van der Waals surface area (Å²) in [4.78, 5) is 27.2. The molecule has 1 heterocycles. The molecule has 0 radical (unpaired) electrons. The van der Waals surface area contributed by atoms with Gasteiger partial charge >= 0.3 is 5.97 Å². The molecule has 0 unspecified atom stereocenters. The van der Waals surface area contributed by atoms with E-state index in [1.807, 2.05) is 42.5 Å². The molecule has 6 nitrogen and oxygen atoms in total. The first-order chi connectivity index (χ1) is 16.0. The predicted molar refractivity (Wildman–Crippen MR) is 120 cm³/mol. The number of nitrogens with zero attached hydrogens (tertiary/aromatic N) is 1. The zero-order valence-corrected chi connectivity index (χ0v) is 18.4. The van der Waals surface area contributed by atoms with Gasteiger partial charge in [0.25, 0.3) is 5.91 Å². The van der Waals surface area contributed by atoms with Crippen LogP contribution >= 0.6 is 0 Å². The smallest absolute Gasteiger partial charge is 0.341 e. The van der Waals surface area contributed by atoms with E-state index in [0.717, 1.165) is 16.7 Å². The highest BCUT2D eigenvalue weighted by atomic mass is 19.1. The Labute approximate surface area is 191 Å². The van der Waals surface area contributed by atoms with Crippen molar-refractivity contribution in [3.05, 3.63) is 94.8 Å². The number of amides is 1. The summed E-state index contributed by atoms with van der Waals surface area (Å²) in [5, 5.41) is 0. The van der Waals surface area contributed by atoms with Gasteiger partial charge in [-0.15, -0.1) is 0 Å². The van der Waals surface area contributed by atoms with E-state index >= 15 is 0 Å². The number of rotatable bonds is 6. The van der Waals surface area contributed by atoms with Crippen molar-refractivity contribution in [1.82, 2.24) is 4.90 Å². The van der Waals surface area contributed by atoms with Crippen LogP contribution in [0.2, 0.25) is 0 Å². The van der Waals surface area contributed by atoms with E-state index in [1.54, 1.807) is 19.1 Å². The fourth-order valence-corrected chi connectivity index (χ4v) is 4.12. The summed E-state index contributed by atoms with van der Waals surface area (Å²) < 4.78 is 30.0. The third kappa shape index (κ3) is 4.53. The molecule has 1 amide bonds. The topological polar surface area (TPSA) is 65.1 Å². The minimum absolute atomic E-state index is 0.203. The molecule has 7 heteroatoms. The normalized spacial score (nSPS) is 14.9. The summed E-state index contributed by atoms with van der Waals surface area (Å²) in [6, 6.07) is 18.6. The Hall–Kier alpha value is -3.87. The van der Waals surface area contributed by atoms with Crippen molar-refractivity contribution in [3.8, 4) is 11.5 Å². The highest BCUT2D eigenvalue weighted by Crippen LogP contribution is 2.41. The molecule has 0 spiro atoms. The number of esters is 1. The Bertz CT molecular complexity index is 1160. The third-order valence-electron chi connectivity index (χ3n) is 5.73. The molecule has 0 saturated heterocycles. The SMILES string of the molecule is COc1cc2c(cc1OC)[C@@H](c1ccccc1)N(C(=O)COC(=O)c1ccccc1F)CC2. The van der Waals surface area contributed by atoms with Crippen LogP contribution in [0.15, 0.2) is 66.7 Å². The number of fused-ring (bicyclic) bond motifs is 1. The Morgan fingerprint density at radius 1 is 0.970 bits per heavy atom. The van der Waals surface area contributed by atoms with Crippen LogP contribution in [0.3, 0.4) is 0 Å². The monoisotopic (exact) mass is 449 g/mol. The minimum atomic E-state index is -0.874. The van der Waals surface area contributed by atoms with E-state index in [-0.39, 0.29) is 11.5 Å². The van der Waals surface area contributed by atoms with Gasteiger partial charge in [0.05, 0.1) is 25.8 Å². The average molecular weight is 449 g/mol. The second-order valence-corrected chi connectivity index (χ2v) is 7.61. The largest absolute Gasteiger partial charge is 0.493 e. The summed E-state index contributed by atoms with van der Waals surface area (Å²) in [7, 11) is 3.15. The van der Waals surface area contributed by atoms with Gasteiger partial charge in [0, 0.05) is 6.54 Å². The summed E-state index contributed by atoms with van der Waals surface area (Å²) in [6.45, 7) is -0.0583. The van der Waals surface area contributed by atoms with Crippen molar-refractivity contribution < 1.29 is 28.2 Å². The number of halogens is 1. The average Bonchev–Trinajstić information content (AvgIpc) is 2.86. The molecule has 3 aromatic carbocycles. The van der Waals surface area contributed by atoms with Gasteiger partial charge in [0.1, 0.15) is 5.82 Å². The molecule has 1 aliphatic rings. The van der Waals surface area contributed by atoms with Gasteiger partial charge in [-0.25, -0.2) is 9.18 Å². The van der Waals surface area contributed by atoms with Crippen molar-refractivity contribution in [2.75, 3.05) is 27.4 Å². The first-order valence-corrected chi connectivity index (χ1v) is 10.5. The first-order valence-electron chi connectivity index (χ1n) is 10.5. The summed E-state index contributed by atoms with van der Waals surface area (Å²) in [6.07, 6.45) is 0.603. The standard InChI is InChI=1S/C26H24FNO5/c1-31-22-14-18-12-13-28(24(29)16-33-26(30)19-10-6-7-11-21(19)27)25(17-8-4-3-5-9-17)20(18)15-23(22)32-2/h3-11,14-15,25H,12-13,16H2,1-2H3/t25-/m1/s1. The van der Waals surface area contributed by atoms with Crippen molar-refractivity contribution in [1.29, 1.82) is 0 Å². The fourth-order valence-electron chi connectivity index (χ4n) is 4.12. The maximum absolute atomic E-state index is 13.9. The zero-order chi connectivity index (χ0) is 23.4. The van der Waals surface area contributed by atoms with Gasteiger partial charge in [0.2, 0.25) is 0 Å². The number of benzene rings is 3. The third-order valence-corrected chi connectivity index (χ3v) is 5.73. The Balaban J connectivity index is 1.63. The maximum Gasteiger partial charge on any atom is 0.341 e. The van der Waals surface area contributed by atoms with Crippen LogP contribution < -0.4 is 9.47 Å². The summed E-state index contributed by atoms with van der Waals surface area (Å²) in [5.74, 6) is -0.736. The lowest BCUT2D eigenvalue weighted by atomic mass is 9.87. The zero-order valence-electron chi connectivity index (χ0n) is 18.4. The lowest BCUT2D eigenvalue weighted by molar-refractivity contribution is -0.136. The molecule has 170 valence electrons. The lowest BCUT2D eigenvalue weighted by Crippen LogP contribution is -2.42. The van der Waals surface area contributed by atoms with Crippen molar-refractivity contribution in [2.24, 2.45) is 0 Å². The molecule has 1 aliphatic heterocycles. The Kier molecular flexibility index (Phi) is 6.58. The van der Waals surface area contributed by atoms with Gasteiger partial charge in [-0.1, -0.05) is 42.5 Å². The number of ether oxygens (including phenoxy) is 3. The molecule has 33 heavy (non-hydrogen) atoms. The Morgan fingerprint density at radius 2 is 1.64 bits per heavy atom. The molecule has 3 aromatic rings. The molecule has 0 fully saturated rings. The lowest BCUT2D eigenvalue weighted by Gasteiger charge is -2.38. The number of hydrogen-bond acceptors (Lipinski definition) is 5. The van der Waals surface area contributed by atoms with Gasteiger partial charge in [-0.05, 0) is 47.4 Å². The van der Waals surface area contributed by atoms with Crippen LogP contribution in [0, 0.1) is 5.82 Å². The van der Waals surface area contributed by atoms with E-state index in [4.69, 9.17) is 14.2 Å². The first kappa shape index (κ1) is 22.3. The van der Waals surface area contributed by atoms with Crippen LogP contribution in [0.25, 0.3) is 0 Å². The number of carbonyl (C=O) groups excluding carboxylic acids is 2. The van der Waals surface area contributed by atoms with Gasteiger partial charge in [-0.2, -0.15) is 0 Å². The van der Waals surface area contributed by atoms with Crippen LogP contribution in [-0.2, 0) is 16.0 Å². The van der Waals surface area contributed by atoms with Crippen LogP contribution in [-0.4, -0.2) is 44.1 Å². The molecule has 0 aliphatic carbocycles. The second kappa shape index (κ2) is 9.73. The second-order valence-electron chi connectivity index (χ2n) is 7.61. The summed E-state index contributed by atoms with van der Waals surface area (Å²) in [5.41, 5.74) is 2.68. The molecule has 0 saturated carbocycles. The molecule has 0 N–H and O–H groups in total. The molecule has 0 bridgehead atoms. The van der Waals surface area contributed by atoms with E-state index in [1.165, 1.54) is 24.3 Å². The Morgan fingerprint density at radius 3 is 2.33 bits per heavy atom. The number of carbonyl (C=O) groups is 2. The highest BCUT2D eigenvalue weighted by molar-refractivity contribution is 5.91. The van der Waals surface area contributed by atoms with E-state index in [9.17, 15) is 14.0 Å². The van der Waals surface area contributed by atoms with Gasteiger partial charge in [0.15, 0.2) is 18.1 Å². The molecule has 0 aromatic heterocycles. The molecular formula is C26H24FNO5.